The molecule has 0 radical (unpaired) electrons. The van der Waals surface area contributed by atoms with Crippen LogP contribution in [0.1, 0.15) is 374 Å². The molecule has 0 rings (SSSR count). The molecule has 0 saturated heterocycles. The first-order chi connectivity index (χ1) is 35.4. The second-order valence-corrected chi connectivity index (χ2v) is 21.6. The lowest BCUT2D eigenvalue weighted by atomic mass is 10.0. The second kappa shape index (κ2) is 64.9. The Kier molecular flexibility index (Phi) is 64.7. The summed E-state index contributed by atoms with van der Waals surface area (Å²) < 4.78 is 9.96. The Morgan fingerprint density at radius 1 is 0.208 bits per heavy atom. The first-order valence-corrected chi connectivity index (χ1v) is 32.2. The van der Waals surface area contributed by atoms with Crippen LogP contribution >= 0.6 is 0 Å². The Labute approximate surface area is 449 Å². The van der Waals surface area contributed by atoms with E-state index in [2.05, 4.69) is 52.0 Å². The molecule has 0 aromatic rings. The Bertz CT molecular complexity index is 1170. The minimum atomic E-state index is -0.337. The Morgan fingerprint density at radius 3 is 0.514 bits per heavy atom. The standard InChI is InChI=1S/C34H64O3.C32H60O3/c1-3-5-7-9-11-13-15-17-18-20-22-24-26-28-30-32-34(36)37-33(35)31-29-27-25-23-21-19-16-14-12-10-8-6-4-2;1-3-5-7-9-11-13-15-16-17-18-20-22-24-26-28-30-32(34)35-31(33)29-27-25-23-21-19-14-12-10-8-6-4-2/h17-18H,3-16,19-32H2,1-2H3;16-17H,3-15,18-30H2,1-2H3/b18-17-;17-16-. The van der Waals surface area contributed by atoms with Crippen molar-refractivity contribution in [1.82, 2.24) is 0 Å². The van der Waals surface area contributed by atoms with E-state index in [1.54, 1.807) is 0 Å². The van der Waals surface area contributed by atoms with Crippen molar-refractivity contribution in [2.24, 2.45) is 0 Å². The quantitative estimate of drug-likeness (QED) is 0.0261. The molecule has 0 atom stereocenters. The summed E-state index contributed by atoms with van der Waals surface area (Å²) >= 11 is 0. The lowest BCUT2D eigenvalue weighted by Crippen LogP contribution is -2.11. The first-order valence-electron chi connectivity index (χ1n) is 32.2. The van der Waals surface area contributed by atoms with Crippen molar-refractivity contribution < 1.29 is 28.7 Å². The molecular formula is C66H124O6. The van der Waals surface area contributed by atoms with Crippen LogP contribution in [0.5, 0.6) is 0 Å². The zero-order chi connectivity index (χ0) is 52.7. The topological polar surface area (TPSA) is 86.7 Å². The summed E-state index contributed by atoms with van der Waals surface area (Å²) in [7, 11) is 0. The van der Waals surface area contributed by atoms with Gasteiger partial charge in [-0.2, -0.15) is 0 Å². The van der Waals surface area contributed by atoms with Gasteiger partial charge in [0, 0.05) is 25.7 Å². The highest BCUT2D eigenvalue weighted by atomic mass is 16.6. The highest BCUT2D eigenvalue weighted by Gasteiger charge is 2.11. The summed E-state index contributed by atoms with van der Waals surface area (Å²) in [5.74, 6) is -1.34. The maximum atomic E-state index is 11.9. The van der Waals surface area contributed by atoms with E-state index in [1.807, 2.05) is 0 Å². The minimum absolute atomic E-state index is 0.333. The van der Waals surface area contributed by atoms with Crippen molar-refractivity contribution in [1.29, 1.82) is 0 Å². The van der Waals surface area contributed by atoms with Crippen LogP contribution in [0.4, 0.5) is 0 Å². The van der Waals surface area contributed by atoms with Crippen LogP contribution in [0, 0.1) is 0 Å². The highest BCUT2D eigenvalue weighted by Crippen LogP contribution is 2.17. The average molecular weight is 1010 g/mol. The third-order valence-electron chi connectivity index (χ3n) is 14.2. The molecule has 6 heteroatoms. The van der Waals surface area contributed by atoms with Gasteiger partial charge in [0.25, 0.3) is 0 Å². The number of ether oxygens (including phenoxy) is 2. The molecule has 0 bridgehead atoms. The number of carbonyl (C=O) groups is 4. The van der Waals surface area contributed by atoms with E-state index in [1.165, 1.54) is 257 Å². The molecule has 0 amide bonds. The zero-order valence-electron chi connectivity index (χ0n) is 48.9. The molecule has 0 aromatic carbocycles. The highest BCUT2D eigenvalue weighted by molar-refractivity contribution is 5.85. The molecule has 0 aliphatic carbocycles. The predicted octanol–water partition coefficient (Wildman–Crippen LogP) is 22.4. The van der Waals surface area contributed by atoms with Gasteiger partial charge in [-0.05, 0) is 77.0 Å². The van der Waals surface area contributed by atoms with Gasteiger partial charge in [-0.1, -0.05) is 296 Å². The van der Waals surface area contributed by atoms with Crippen LogP contribution in [0.3, 0.4) is 0 Å². The fraction of sp³-hybridized carbons (Fsp3) is 0.879. The van der Waals surface area contributed by atoms with Gasteiger partial charge in [0.15, 0.2) is 0 Å². The number of unbranched alkanes of at least 4 members (excludes halogenated alkanes) is 44. The summed E-state index contributed by atoms with van der Waals surface area (Å²) in [4.78, 5) is 47.4. The fourth-order valence-electron chi connectivity index (χ4n) is 9.36. The number of rotatable bonds is 56. The normalized spacial score (nSPS) is 11.4. The van der Waals surface area contributed by atoms with Gasteiger partial charge in [-0.3, -0.25) is 19.2 Å². The van der Waals surface area contributed by atoms with E-state index in [4.69, 9.17) is 9.47 Å². The van der Waals surface area contributed by atoms with Crippen LogP contribution in [0.25, 0.3) is 0 Å². The van der Waals surface area contributed by atoms with Crippen molar-refractivity contribution in [3.63, 3.8) is 0 Å². The molecule has 0 fully saturated rings. The van der Waals surface area contributed by atoms with E-state index in [0.717, 1.165) is 64.2 Å². The number of hydrogen-bond donors (Lipinski definition) is 0. The Hall–Kier alpha value is -2.24. The number of allylic oxidation sites excluding steroid dienone is 4. The lowest BCUT2D eigenvalue weighted by molar-refractivity contribution is -0.161. The molecule has 72 heavy (non-hydrogen) atoms. The maximum absolute atomic E-state index is 11.9. The van der Waals surface area contributed by atoms with Crippen molar-refractivity contribution in [3.8, 4) is 0 Å². The van der Waals surface area contributed by atoms with E-state index in [-0.39, 0.29) is 23.9 Å². The third-order valence-corrected chi connectivity index (χ3v) is 14.2. The minimum Gasteiger partial charge on any atom is -0.393 e. The maximum Gasteiger partial charge on any atom is 0.313 e. The molecule has 424 valence electrons. The van der Waals surface area contributed by atoms with E-state index in [9.17, 15) is 19.2 Å². The monoisotopic (exact) mass is 1010 g/mol. The van der Waals surface area contributed by atoms with Gasteiger partial charge in [-0.25, -0.2) is 0 Å². The van der Waals surface area contributed by atoms with Gasteiger partial charge in [0.2, 0.25) is 0 Å². The van der Waals surface area contributed by atoms with Crippen molar-refractivity contribution in [2.45, 2.75) is 374 Å². The summed E-state index contributed by atoms with van der Waals surface area (Å²) in [6.07, 6.45) is 73.6. The smallest absolute Gasteiger partial charge is 0.313 e. The zero-order valence-corrected chi connectivity index (χ0v) is 48.9. The van der Waals surface area contributed by atoms with Gasteiger partial charge in [0.1, 0.15) is 0 Å². The van der Waals surface area contributed by atoms with E-state index >= 15 is 0 Å². The van der Waals surface area contributed by atoms with Gasteiger partial charge in [-0.15, -0.1) is 0 Å². The van der Waals surface area contributed by atoms with Gasteiger partial charge >= 0.3 is 23.9 Å². The molecule has 0 spiro atoms. The van der Waals surface area contributed by atoms with Crippen LogP contribution < -0.4 is 0 Å². The largest absolute Gasteiger partial charge is 0.393 e. The molecule has 0 heterocycles. The van der Waals surface area contributed by atoms with Crippen LogP contribution in [0.15, 0.2) is 24.3 Å². The molecule has 0 unspecified atom stereocenters. The lowest BCUT2D eigenvalue weighted by Gasteiger charge is -2.04. The summed E-state index contributed by atoms with van der Waals surface area (Å²) in [5.41, 5.74) is 0. The summed E-state index contributed by atoms with van der Waals surface area (Å²) in [6, 6.07) is 0. The Morgan fingerprint density at radius 2 is 0.347 bits per heavy atom. The molecule has 0 aliphatic rings. The SMILES string of the molecule is CCCCCCCC/C=C\CCCCCCCC(=O)OC(=O)CCCCCCCCCCCCC.CCCCCCCC/C=C\CCCCCCCC(=O)OC(=O)CCCCCCCCCCCCCCC. The molecule has 6 nitrogen and oxygen atoms in total. The van der Waals surface area contributed by atoms with Crippen LogP contribution in [-0.2, 0) is 28.7 Å². The second-order valence-electron chi connectivity index (χ2n) is 21.6. The van der Waals surface area contributed by atoms with Crippen LogP contribution in [-0.4, -0.2) is 23.9 Å². The van der Waals surface area contributed by atoms with Gasteiger partial charge in [0.05, 0.1) is 0 Å². The molecule has 0 N–H and O–H groups in total. The fourth-order valence-corrected chi connectivity index (χ4v) is 9.36. The molecule has 0 aromatic heterocycles. The van der Waals surface area contributed by atoms with Crippen molar-refractivity contribution >= 4 is 23.9 Å². The summed E-state index contributed by atoms with van der Waals surface area (Å²) in [6.45, 7) is 9.05. The number of esters is 4. The van der Waals surface area contributed by atoms with Gasteiger partial charge < -0.3 is 9.47 Å². The molecule has 0 aliphatic heterocycles. The third kappa shape index (κ3) is 65.8. The van der Waals surface area contributed by atoms with Crippen LogP contribution in [0.2, 0.25) is 0 Å². The average Bonchev–Trinajstić information content (AvgIpc) is 3.37. The van der Waals surface area contributed by atoms with Crippen molar-refractivity contribution in [3.05, 3.63) is 24.3 Å². The van der Waals surface area contributed by atoms with E-state index in [0.29, 0.717) is 25.7 Å². The first kappa shape index (κ1) is 71.8. The summed E-state index contributed by atoms with van der Waals surface area (Å²) in [5, 5.41) is 0. The van der Waals surface area contributed by atoms with Crippen molar-refractivity contribution in [2.75, 3.05) is 0 Å². The molecular weight excluding hydrogens is 889 g/mol. The van der Waals surface area contributed by atoms with E-state index < -0.39 is 0 Å². The number of hydrogen-bond acceptors (Lipinski definition) is 6. The predicted molar refractivity (Wildman–Crippen MR) is 312 cm³/mol. The number of carbonyl (C=O) groups excluding carboxylic acids is 4. The molecule has 0 saturated carbocycles. The Balaban J connectivity index is 0.